The Bertz CT molecular complexity index is 355. The number of aromatic hydroxyl groups is 1. The van der Waals surface area contributed by atoms with Gasteiger partial charge in [-0.15, -0.1) is 0 Å². The van der Waals surface area contributed by atoms with Crippen LogP contribution in [0.1, 0.15) is 13.8 Å². The lowest BCUT2D eigenvalue weighted by atomic mass is 10.3. The van der Waals surface area contributed by atoms with Crippen molar-refractivity contribution in [1.29, 1.82) is 0 Å². The number of benzene rings is 1. The number of phenolic OH excluding ortho intramolecular Hbond substituents is 1. The van der Waals surface area contributed by atoms with E-state index in [1.54, 1.807) is 6.07 Å². The first-order valence-electron chi connectivity index (χ1n) is 4.16. The number of phenols is 1. The second kappa shape index (κ2) is 4.66. The van der Waals surface area contributed by atoms with Gasteiger partial charge in [-0.25, -0.2) is 4.21 Å². The molecule has 0 aliphatic heterocycles. The lowest BCUT2D eigenvalue weighted by Crippen LogP contribution is -2.14. The lowest BCUT2D eigenvalue weighted by Gasteiger charge is -2.09. The highest BCUT2D eigenvalue weighted by Gasteiger charge is 2.06. The summed E-state index contributed by atoms with van der Waals surface area (Å²) in [6.45, 7) is 3.70. The lowest BCUT2D eigenvalue weighted by molar-refractivity contribution is 0.475. The van der Waals surface area contributed by atoms with Crippen LogP contribution in [0.5, 0.6) is 5.75 Å². The Morgan fingerprint density at radius 3 is 2.64 bits per heavy atom. The van der Waals surface area contributed by atoms with Crippen LogP contribution in [0.3, 0.4) is 0 Å². The van der Waals surface area contributed by atoms with Crippen molar-refractivity contribution in [2.24, 2.45) is 0 Å². The Morgan fingerprint density at radius 2 is 2.14 bits per heavy atom. The quantitative estimate of drug-likeness (QED) is 0.789. The molecule has 0 aliphatic rings. The second-order valence-corrected chi connectivity index (χ2v) is 5.26. The van der Waals surface area contributed by atoms with Gasteiger partial charge in [0.1, 0.15) is 16.7 Å². The number of hydrogen-bond donors (Lipinski definition) is 2. The molecule has 1 aromatic carbocycles. The van der Waals surface area contributed by atoms with Crippen molar-refractivity contribution in [1.82, 2.24) is 0 Å². The zero-order valence-electron chi connectivity index (χ0n) is 7.95. The van der Waals surface area contributed by atoms with Crippen LogP contribution >= 0.6 is 11.6 Å². The topological polar surface area (TPSA) is 49.3 Å². The summed E-state index contributed by atoms with van der Waals surface area (Å²) in [5, 5.41) is 9.43. The molecule has 0 aromatic heterocycles. The zero-order chi connectivity index (χ0) is 10.7. The molecule has 1 rings (SSSR count). The maximum Gasteiger partial charge on any atom is 0.134 e. The van der Waals surface area contributed by atoms with Crippen molar-refractivity contribution in [3.05, 3.63) is 23.2 Å². The van der Waals surface area contributed by atoms with E-state index >= 15 is 0 Å². The average Bonchev–Trinajstić information content (AvgIpc) is 2.11. The van der Waals surface area contributed by atoms with Gasteiger partial charge in [-0.3, -0.25) is 0 Å². The van der Waals surface area contributed by atoms with Crippen LogP contribution in [0, 0.1) is 0 Å². The van der Waals surface area contributed by atoms with Gasteiger partial charge in [0.05, 0.1) is 5.02 Å². The third-order valence-electron chi connectivity index (χ3n) is 1.59. The van der Waals surface area contributed by atoms with Crippen LogP contribution in [-0.2, 0) is 11.0 Å². The number of halogens is 1. The third-order valence-corrected chi connectivity index (χ3v) is 3.19. The maximum absolute atomic E-state index is 11.4. The molecule has 78 valence electrons. The van der Waals surface area contributed by atoms with Gasteiger partial charge in [-0.05, 0) is 32.0 Å². The molecule has 1 unspecified atom stereocenters. The monoisotopic (exact) mass is 233 g/mol. The van der Waals surface area contributed by atoms with Crippen LogP contribution < -0.4 is 4.72 Å². The standard InChI is InChI=1S/C9H12ClNO2S/c1-6(2)14(13)11-7-3-4-9(12)8(10)5-7/h3-6,11-12H,1-2H3. The normalized spacial score (nSPS) is 12.9. The first-order chi connectivity index (χ1) is 6.50. The average molecular weight is 234 g/mol. The minimum absolute atomic E-state index is 0.0209. The molecule has 0 aliphatic carbocycles. The highest BCUT2D eigenvalue weighted by atomic mass is 35.5. The van der Waals surface area contributed by atoms with E-state index in [1.165, 1.54) is 12.1 Å². The van der Waals surface area contributed by atoms with Crippen LogP contribution in [0.2, 0.25) is 5.02 Å². The smallest absolute Gasteiger partial charge is 0.134 e. The molecule has 0 saturated carbocycles. The van der Waals surface area contributed by atoms with Gasteiger partial charge in [0, 0.05) is 10.9 Å². The fraction of sp³-hybridized carbons (Fsp3) is 0.333. The predicted octanol–water partition coefficient (Wildman–Crippen LogP) is 2.53. The van der Waals surface area contributed by atoms with Gasteiger partial charge in [0.15, 0.2) is 0 Å². The molecule has 5 heteroatoms. The van der Waals surface area contributed by atoms with E-state index in [0.717, 1.165) is 0 Å². The Labute approximate surface area is 90.7 Å². The van der Waals surface area contributed by atoms with Gasteiger partial charge in [-0.1, -0.05) is 11.6 Å². The summed E-state index contributed by atoms with van der Waals surface area (Å²) in [5.41, 5.74) is 0.639. The molecule has 0 radical (unpaired) electrons. The molecular formula is C9H12ClNO2S. The molecule has 0 spiro atoms. The van der Waals surface area contributed by atoms with Crippen molar-refractivity contribution in [3.63, 3.8) is 0 Å². The van der Waals surface area contributed by atoms with Crippen LogP contribution in [-0.4, -0.2) is 14.6 Å². The molecular weight excluding hydrogens is 222 g/mol. The minimum Gasteiger partial charge on any atom is -0.506 e. The highest BCUT2D eigenvalue weighted by Crippen LogP contribution is 2.26. The van der Waals surface area contributed by atoms with Crippen molar-refractivity contribution in [2.75, 3.05) is 4.72 Å². The van der Waals surface area contributed by atoms with Crippen molar-refractivity contribution in [2.45, 2.75) is 19.1 Å². The second-order valence-electron chi connectivity index (χ2n) is 3.11. The summed E-state index contributed by atoms with van der Waals surface area (Å²) in [6.07, 6.45) is 0. The van der Waals surface area contributed by atoms with Gasteiger partial charge < -0.3 is 9.83 Å². The Hall–Kier alpha value is -0.740. The highest BCUT2D eigenvalue weighted by molar-refractivity contribution is 7.86. The summed E-state index contributed by atoms with van der Waals surface area (Å²) >= 11 is 5.69. The van der Waals surface area contributed by atoms with E-state index in [4.69, 9.17) is 16.7 Å². The molecule has 0 bridgehead atoms. The molecule has 0 heterocycles. The van der Waals surface area contributed by atoms with Crippen molar-refractivity contribution < 1.29 is 9.32 Å². The largest absolute Gasteiger partial charge is 0.506 e. The summed E-state index contributed by atoms with van der Waals surface area (Å²) in [5.74, 6) is 0.0209. The number of nitrogens with one attached hydrogen (secondary N) is 1. The van der Waals surface area contributed by atoms with Crippen molar-refractivity contribution >= 4 is 28.3 Å². The summed E-state index contributed by atoms with van der Waals surface area (Å²) in [7, 11) is -1.13. The zero-order valence-corrected chi connectivity index (χ0v) is 9.52. The van der Waals surface area contributed by atoms with Gasteiger partial charge in [0.25, 0.3) is 0 Å². The first kappa shape index (κ1) is 11.3. The van der Waals surface area contributed by atoms with E-state index in [1.807, 2.05) is 13.8 Å². The Kier molecular flexibility index (Phi) is 3.77. The molecule has 0 saturated heterocycles. The fourth-order valence-electron chi connectivity index (χ4n) is 0.804. The van der Waals surface area contributed by atoms with E-state index in [-0.39, 0.29) is 16.0 Å². The third kappa shape index (κ3) is 2.89. The summed E-state index contributed by atoms with van der Waals surface area (Å²) < 4.78 is 14.2. The van der Waals surface area contributed by atoms with E-state index < -0.39 is 11.0 Å². The van der Waals surface area contributed by atoms with Crippen LogP contribution in [0.4, 0.5) is 5.69 Å². The summed E-state index contributed by atoms with van der Waals surface area (Å²) in [4.78, 5) is 0. The Morgan fingerprint density at radius 1 is 1.50 bits per heavy atom. The maximum atomic E-state index is 11.4. The van der Waals surface area contributed by atoms with Crippen LogP contribution in [0.15, 0.2) is 18.2 Å². The number of anilines is 1. The molecule has 0 fully saturated rings. The molecule has 3 nitrogen and oxygen atoms in total. The summed E-state index contributed by atoms with van der Waals surface area (Å²) in [6, 6.07) is 4.63. The Balaban J connectivity index is 2.78. The van der Waals surface area contributed by atoms with E-state index in [0.29, 0.717) is 5.69 Å². The minimum atomic E-state index is -1.13. The van der Waals surface area contributed by atoms with Crippen molar-refractivity contribution in [3.8, 4) is 5.75 Å². The van der Waals surface area contributed by atoms with Gasteiger partial charge in [-0.2, -0.15) is 0 Å². The first-order valence-corrected chi connectivity index (χ1v) is 5.75. The molecule has 1 aromatic rings. The number of rotatable bonds is 3. The van der Waals surface area contributed by atoms with Gasteiger partial charge in [0.2, 0.25) is 0 Å². The SMILES string of the molecule is CC(C)S(=O)Nc1ccc(O)c(Cl)c1. The van der Waals surface area contributed by atoms with E-state index in [2.05, 4.69) is 4.72 Å². The molecule has 14 heavy (non-hydrogen) atoms. The van der Waals surface area contributed by atoms with E-state index in [9.17, 15) is 4.21 Å². The van der Waals surface area contributed by atoms with Crippen LogP contribution in [0.25, 0.3) is 0 Å². The molecule has 1 atom stereocenters. The number of hydrogen-bond acceptors (Lipinski definition) is 2. The molecule has 2 N–H and O–H groups in total. The molecule has 0 amide bonds. The predicted molar refractivity (Wildman–Crippen MR) is 60.0 cm³/mol. The van der Waals surface area contributed by atoms with Gasteiger partial charge >= 0.3 is 0 Å². The fourth-order valence-corrected chi connectivity index (χ4v) is 1.58.